The van der Waals surface area contributed by atoms with Crippen LogP contribution in [0, 0.1) is 0 Å². The molecule has 0 spiro atoms. The Labute approximate surface area is 172 Å². The van der Waals surface area contributed by atoms with Gasteiger partial charge >= 0.3 is 0 Å². The highest BCUT2D eigenvalue weighted by Crippen LogP contribution is 2.37. The number of nitrogens with zero attached hydrogens (tertiary/aromatic N) is 1. The predicted molar refractivity (Wildman–Crippen MR) is 113 cm³/mol. The minimum absolute atomic E-state index is 0.124. The van der Waals surface area contributed by atoms with E-state index in [1.807, 2.05) is 13.0 Å². The Kier molecular flexibility index (Phi) is 6.21. The van der Waals surface area contributed by atoms with Gasteiger partial charge in [0, 0.05) is 17.6 Å². The highest BCUT2D eigenvalue weighted by molar-refractivity contribution is 8.04. The molecule has 28 heavy (non-hydrogen) atoms. The van der Waals surface area contributed by atoms with Crippen molar-refractivity contribution in [1.82, 2.24) is 4.90 Å². The van der Waals surface area contributed by atoms with Crippen LogP contribution in [0.4, 0.5) is 5.69 Å². The van der Waals surface area contributed by atoms with Gasteiger partial charge in [0.15, 0.2) is 0 Å². The Bertz CT molecular complexity index is 970. The number of carbonyl (C=O) groups excluding carboxylic acids is 3. The summed E-state index contributed by atoms with van der Waals surface area (Å²) in [6.45, 7) is 3.49. The van der Waals surface area contributed by atoms with Crippen LogP contribution in [0.15, 0.2) is 53.4 Å². The molecule has 1 aliphatic heterocycles. The molecular weight excluding hydrogens is 396 g/mol. The van der Waals surface area contributed by atoms with E-state index in [0.29, 0.717) is 38.1 Å². The third-order valence-corrected chi connectivity index (χ3v) is 5.52. The van der Waals surface area contributed by atoms with Gasteiger partial charge in [-0.3, -0.25) is 19.3 Å². The number of rotatable bonds is 6. The fraction of sp³-hybridized carbons (Fsp3) is 0.190. The molecule has 0 radical (unpaired) electrons. The highest BCUT2D eigenvalue weighted by Gasteiger charge is 2.39. The number of carbonyl (C=O) groups is 3. The van der Waals surface area contributed by atoms with Crippen LogP contribution >= 0.6 is 23.4 Å². The van der Waals surface area contributed by atoms with E-state index in [1.165, 1.54) is 23.6 Å². The largest absolute Gasteiger partial charge is 0.326 e. The van der Waals surface area contributed by atoms with Gasteiger partial charge in [-0.1, -0.05) is 48.9 Å². The van der Waals surface area contributed by atoms with Gasteiger partial charge in [-0.25, -0.2) is 0 Å². The lowest BCUT2D eigenvalue weighted by molar-refractivity contribution is -0.137. The summed E-state index contributed by atoms with van der Waals surface area (Å²) in [7, 11) is 0. The van der Waals surface area contributed by atoms with Gasteiger partial charge in [0.05, 0.1) is 17.0 Å². The number of thioether (sulfide) groups is 1. The van der Waals surface area contributed by atoms with Crippen molar-refractivity contribution in [3.05, 3.63) is 69.6 Å². The van der Waals surface area contributed by atoms with Gasteiger partial charge in [0.25, 0.3) is 11.8 Å². The van der Waals surface area contributed by atoms with Crippen molar-refractivity contribution >= 4 is 52.3 Å². The highest BCUT2D eigenvalue weighted by atomic mass is 35.5. The minimum Gasteiger partial charge on any atom is -0.326 e. The fourth-order valence-electron chi connectivity index (χ4n) is 2.95. The maximum atomic E-state index is 13.1. The molecule has 3 amide bonds. The first-order valence-corrected chi connectivity index (χ1v) is 10.1. The molecule has 0 atom stereocenters. The summed E-state index contributed by atoms with van der Waals surface area (Å²) >= 11 is 7.56. The zero-order valence-corrected chi connectivity index (χ0v) is 17.1. The van der Waals surface area contributed by atoms with Crippen molar-refractivity contribution in [2.45, 2.75) is 20.4 Å². The molecule has 1 heterocycles. The van der Waals surface area contributed by atoms with Gasteiger partial charge in [0.2, 0.25) is 5.91 Å². The van der Waals surface area contributed by atoms with E-state index in [-0.39, 0.29) is 24.3 Å². The lowest BCUT2D eigenvalue weighted by Gasteiger charge is -2.16. The Hall–Kier alpha value is -2.57. The summed E-state index contributed by atoms with van der Waals surface area (Å²) in [5.74, 6) is -0.153. The number of anilines is 1. The molecule has 0 bridgehead atoms. The van der Waals surface area contributed by atoms with E-state index in [0.717, 1.165) is 0 Å². The molecule has 2 aromatic carbocycles. The molecule has 144 valence electrons. The van der Waals surface area contributed by atoms with E-state index in [4.69, 9.17) is 11.6 Å². The average Bonchev–Trinajstić information content (AvgIpc) is 2.88. The maximum Gasteiger partial charge on any atom is 0.268 e. The molecule has 0 aromatic heterocycles. The molecule has 5 nitrogen and oxygen atoms in total. The Morgan fingerprint density at radius 2 is 1.75 bits per heavy atom. The van der Waals surface area contributed by atoms with Crippen molar-refractivity contribution in [2.24, 2.45) is 0 Å². The molecule has 0 aliphatic carbocycles. The zero-order valence-electron chi connectivity index (χ0n) is 15.5. The first-order chi connectivity index (χ1) is 13.4. The number of nitrogens with one attached hydrogen (secondary N) is 1. The summed E-state index contributed by atoms with van der Waals surface area (Å²) in [5, 5.41) is 3.20. The molecule has 1 N–H and O–H groups in total. The normalized spacial score (nSPS) is 14.0. The molecule has 0 fully saturated rings. The standard InChI is InChI=1S/C21H19ClN2O3S/c1-3-28-19-18(14-8-10-16(11-9-14)23-13(2)25)20(26)24(21(19)27)12-15-6-4-5-7-17(15)22/h4-11H,3,12H2,1-2H3,(H,23,25). The molecular formula is C21H19ClN2O3S. The van der Waals surface area contributed by atoms with Crippen LogP contribution in [0.3, 0.4) is 0 Å². The molecule has 7 heteroatoms. The molecule has 0 saturated heterocycles. The number of amides is 3. The van der Waals surface area contributed by atoms with Crippen LogP contribution in [0.2, 0.25) is 5.02 Å². The number of hydrogen-bond acceptors (Lipinski definition) is 4. The molecule has 2 aromatic rings. The van der Waals surface area contributed by atoms with E-state index in [1.54, 1.807) is 42.5 Å². The smallest absolute Gasteiger partial charge is 0.268 e. The van der Waals surface area contributed by atoms with Crippen LogP contribution in [-0.4, -0.2) is 28.4 Å². The lowest BCUT2D eigenvalue weighted by Crippen LogP contribution is -2.31. The zero-order chi connectivity index (χ0) is 20.3. The lowest BCUT2D eigenvalue weighted by atomic mass is 10.1. The van der Waals surface area contributed by atoms with Crippen LogP contribution in [-0.2, 0) is 20.9 Å². The second-order valence-electron chi connectivity index (χ2n) is 6.18. The monoisotopic (exact) mass is 414 g/mol. The van der Waals surface area contributed by atoms with Crippen LogP contribution in [0.1, 0.15) is 25.0 Å². The third kappa shape index (κ3) is 4.13. The van der Waals surface area contributed by atoms with Crippen LogP contribution in [0.5, 0.6) is 0 Å². The van der Waals surface area contributed by atoms with Crippen molar-refractivity contribution < 1.29 is 14.4 Å². The quantitative estimate of drug-likeness (QED) is 0.714. The molecule has 3 rings (SSSR count). The molecule has 0 saturated carbocycles. The van der Waals surface area contributed by atoms with E-state index in [9.17, 15) is 14.4 Å². The number of imide groups is 1. The number of benzene rings is 2. The van der Waals surface area contributed by atoms with Crippen LogP contribution in [0.25, 0.3) is 5.57 Å². The second-order valence-corrected chi connectivity index (χ2v) is 7.87. The second kappa shape index (κ2) is 8.63. The predicted octanol–water partition coefficient (Wildman–Crippen LogP) is 4.33. The van der Waals surface area contributed by atoms with Gasteiger partial charge in [-0.2, -0.15) is 0 Å². The van der Waals surface area contributed by atoms with Gasteiger partial charge in [-0.05, 0) is 35.1 Å². The van der Waals surface area contributed by atoms with E-state index < -0.39 is 0 Å². The van der Waals surface area contributed by atoms with Gasteiger partial charge in [-0.15, -0.1) is 11.8 Å². The summed E-state index contributed by atoms with van der Waals surface area (Å²) in [6, 6.07) is 14.1. The molecule has 1 aliphatic rings. The average molecular weight is 415 g/mol. The topological polar surface area (TPSA) is 66.5 Å². The minimum atomic E-state index is -0.340. The van der Waals surface area contributed by atoms with E-state index in [2.05, 4.69) is 5.32 Å². The SMILES string of the molecule is CCSC1=C(c2ccc(NC(C)=O)cc2)C(=O)N(Cc2ccccc2Cl)C1=O. The fourth-order valence-corrected chi connectivity index (χ4v) is 4.02. The molecule has 0 unspecified atom stereocenters. The van der Waals surface area contributed by atoms with Crippen molar-refractivity contribution in [3.63, 3.8) is 0 Å². The van der Waals surface area contributed by atoms with E-state index >= 15 is 0 Å². The van der Waals surface area contributed by atoms with Crippen LogP contribution < -0.4 is 5.32 Å². The van der Waals surface area contributed by atoms with Crippen molar-refractivity contribution in [2.75, 3.05) is 11.1 Å². The Morgan fingerprint density at radius 3 is 2.36 bits per heavy atom. The summed E-state index contributed by atoms with van der Waals surface area (Å²) in [6.07, 6.45) is 0. The number of hydrogen-bond donors (Lipinski definition) is 1. The summed E-state index contributed by atoms with van der Waals surface area (Å²) < 4.78 is 0. The first-order valence-electron chi connectivity index (χ1n) is 8.77. The summed E-state index contributed by atoms with van der Waals surface area (Å²) in [5.41, 5.74) is 2.38. The van der Waals surface area contributed by atoms with Gasteiger partial charge in [0.1, 0.15) is 0 Å². The third-order valence-electron chi connectivity index (χ3n) is 4.19. The number of halogens is 1. The summed E-state index contributed by atoms with van der Waals surface area (Å²) in [4.78, 5) is 38.9. The van der Waals surface area contributed by atoms with Gasteiger partial charge < -0.3 is 5.32 Å². The maximum absolute atomic E-state index is 13.1. The van der Waals surface area contributed by atoms with Crippen molar-refractivity contribution in [3.8, 4) is 0 Å². The van der Waals surface area contributed by atoms with Crippen molar-refractivity contribution in [1.29, 1.82) is 0 Å². The Balaban J connectivity index is 1.93. The Morgan fingerprint density at radius 1 is 1.07 bits per heavy atom. The first kappa shape index (κ1) is 20.2.